The second-order valence-corrected chi connectivity index (χ2v) is 8.61. The first-order valence-electron chi connectivity index (χ1n) is 9.87. The Morgan fingerprint density at radius 1 is 1.12 bits per heavy atom. The Morgan fingerprint density at radius 3 is 2.60 bits per heavy atom. The van der Waals surface area contributed by atoms with Crippen LogP contribution in [0.4, 0.5) is 0 Å². The molecule has 1 aromatic rings. The van der Waals surface area contributed by atoms with E-state index in [1.165, 1.54) is 23.3 Å². The molecule has 5 heteroatoms. The number of carbonyl (C=O) groups is 2. The van der Waals surface area contributed by atoms with Crippen molar-refractivity contribution in [3.05, 3.63) is 21.4 Å². The number of unbranched alkanes of at least 4 members (excludes halogenated alkanes) is 1. The summed E-state index contributed by atoms with van der Waals surface area (Å²) in [7, 11) is 0. The predicted molar refractivity (Wildman–Crippen MR) is 102 cm³/mol. The van der Waals surface area contributed by atoms with E-state index in [0.717, 1.165) is 62.7 Å². The number of aryl methyl sites for hydroxylation is 2. The average molecular weight is 363 g/mol. The van der Waals surface area contributed by atoms with E-state index < -0.39 is 5.54 Å². The van der Waals surface area contributed by atoms with Gasteiger partial charge in [0, 0.05) is 11.4 Å². The molecule has 25 heavy (non-hydrogen) atoms. The number of nitrogens with one attached hydrogen (secondary N) is 2. The van der Waals surface area contributed by atoms with E-state index in [2.05, 4.69) is 23.6 Å². The third-order valence-corrected chi connectivity index (χ3v) is 6.77. The monoisotopic (exact) mass is 362 g/mol. The Morgan fingerprint density at radius 2 is 1.88 bits per heavy atom. The SMILES string of the molecule is CCCCNC(=O)C1(NC(=O)c2cc3c(s2)CCCC3)CCCCC1. The highest BCUT2D eigenvalue weighted by atomic mass is 32.1. The van der Waals surface area contributed by atoms with Crippen molar-refractivity contribution in [3.8, 4) is 0 Å². The van der Waals surface area contributed by atoms with Crippen molar-refractivity contribution >= 4 is 23.2 Å². The number of carbonyl (C=O) groups excluding carboxylic acids is 2. The Balaban J connectivity index is 1.72. The summed E-state index contributed by atoms with van der Waals surface area (Å²) >= 11 is 1.62. The molecule has 0 radical (unpaired) electrons. The van der Waals surface area contributed by atoms with Crippen LogP contribution in [0.2, 0.25) is 0 Å². The van der Waals surface area contributed by atoms with Crippen LogP contribution in [0.1, 0.15) is 84.8 Å². The van der Waals surface area contributed by atoms with Gasteiger partial charge in [0.1, 0.15) is 5.54 Å². The summed E-state index contributed by atoms with van der Waals surface area (Å²) in [5.41, 5.74) is 0.625. The summed E-state index contributed by atoms with van der Waals surface area (Å²) < 4.78 is 0. The molecule has 1 saturated carbocycles. The molecule has 2 aliphatic rings. The zero-order valence-corrected chi connectivity index (χ0v) is 16.1. The molecule has 0 aromatic carbocycles. The zero-order valence-electron chi connectivity index (χ0n) is 15.3. The lowest BCUT2D eigenvalue weighted by Crippen LogP contribution is -2.59. The molecule has 0 bridgehead atoms. The molecule has 0 unspecified atom stereocenters. The number of amides is 2. The van der Waals surface area contributed by atoms with E-state index >= 15 is 0 Å². The van der Waals surface area contributed by atoms with Crippen LogP contribution in [0.15, 0.2) is 6.07 Å². The molecule has 2 amide bonds. The van der Waals surface area contributed by atoms with Gasteiger partial charge in [-0.05, 0) is 56.6 Å². The molecule has 1 heterocycles. The fourth-order valence-corrected chi connectivity index (χ4v) is 5.14. The fourth-order valence-electron chi connectivity index (χ4n) is 3.99. The lowest BCUT2D eigenvalue weighted by molar-refractivity contribution is -0.128. The molecule has 0 saturated heterocycles. The Bertz CT molecular complexity index is 594. The van der Waals surface area contributed by atoms with Crippen molar-refractivity contribution in [2.75, 3.05) is 6.54 Å². The van der Waals surface area contributed by atoms with Crippen LogP contribution in [0.25, 0.3) is 0 Å². The molecule has 1 fully saturated rings. The number of hydrogen-bond donors (Lipinski definition) is 2. The summed E-state index contributed by atoms with van der Waals surface area (Å²) in [5.74, 6) is -0.0535. The first-order chi connectivity index (χ1) is 12.1. The molecule has 0 aliphatic heterocycles. The summed E-state index contributed by atoms with van der Waals surface area (Å²) in [6.07, 6.45) is 11.3. The Labute approximate surface area is 154 Å². The van der Waals surface area contributed by atoms with Gasteiger partial charge in [-0.1, -0.05) is 32.6 Å². The molecule has 2 N–H and O–H groups in total. The summed E-state index contributed by atoms with van der Waals surface area (Å²) in [5, 5.41) is 6.19. The van der Waals surface area contributed by atoms with Crippen LogP contribution >= 0.6 is 11.3 Å². The smallest absolute Gasteiger partial charge is 0.262 e. The molecule has 1 aromatic heterocycles. The highest BCUT2D eigenvalue weighted by Gasteiger charge is 2.41. The maximum Gasteiger partial charge on any atom is 0.262 e. The molecular formula is C20H30N2O2S. The number of fused-ring (bicyclic) bond motifs is 1. The molecule has 3 rings (SSSR count). The summed E-state index contributed by atoms with van der Waals surface area (Å²) in [4.78, 5) is 27.9. The summed E-state index contributed by atoms with van der Waals surface area (Å²) in [6.45, 7) is 2.81. The molecule has 2 aliphatic carbocycles. The third kappa shape index (κ3) is 4.25. The first kappa shape index (κ1) is 18.4. The van der Waals surface area contributed by atoms with Crippen molar-refractivity contribution in [3.63, 3.8) is 0 Å². The van der Waals surface area contributed by atoms with Crippen molar-refractivity contribution in [2.24, 2.45) is 0 Å². The van der Waals surface area contributed by atoms with Gasteiger partial charge in [0.05, 0.1) is 4.88 Å². The van der Waals surface area contributed by atoms with Crippen LogP contribution in [0.5, 0.6) is 0 Å². The van der Waals surface area contributed by atoms with Crippen LogP contribution in [0.3, 0.4) is 0 Å². The zero-order chi connectivity index (χ0) is 17.7. The van der Waals surface area contributed by atoms with Gasteiger partial charge in [-0.15, -0.1) is 11.3 Å². The second kappa shape index (κ2) is 8.35. The van der Waals surface area contributed by atoms with E-state index in [1.54, 1.807) is 11.3 Å². The molecule has 4 nitrogen and oxygen atoms in total. The molecule has 0 spiro atoms. The van der Waals surface area contributed by atoms with Gasteiger partial charge in [-0.25, -0.2) is 0 Å². The maximum absolute atomic E-state index is 12.9. The quantitative estimate of drug-likeness (QED) is 0.752. The highest BCUT2D eigenvalue weighted by Crippen LogP contribution is 2.32. The number of hydrogen-bond acceptors (Lipinski definition) is 3. The van der Waals surface area contributed by atoms with Gasteiger partial charge in [0.25, 0.3) is 5.91 Å². The topological polar surface area (TPSA) is 58.2 Å². The largest absolute Gasteiger partial charge is 0.354 e. The number of thiophene rings is 1. The lowest BCUT2D eigenvalue weighted by Gasteiger charge is -2.36. The van der Waals surface area contributed by atoms with Crippen LogP contribution < -0.4 is 10.6 Å². The Kier molecular flexibility index (Phi) is 6.15. The van der Waals surface area contributed by atoms with Crippen molar-refractivity contribution in [1.29, 1.82) is 0 Å². The Hall–Kier alpha value is -1.36. The van der Waals surface area contributed by atoms with Gasteiger partial charge >= 0.3 is 0 Å². The van der Waals surface area contributed by atoms with Gasteiger partial charge in [0.15, 0.2) is 0 Å². The van der Waals surface area contributed by atoms with Gasteiger partial charge < -0.3 is 10.6 Å². The van der Waals surface area contributed by atoms with E-state index in [1.807, 2.05) is 0 Å². The van der Waals surface area contributed by atoms with Gasteiger partial charge in [-0.2, -0.15) is 0 Å². The normalized spacial score (nSPS) is 19.1. The minimum atomic E-state index is -0.715. The minimum Gasteiger partial charge on any atom is -0.354 e. The fraction of sp³-hybridized carbons (Fsp3) is 0.700. The minimum absolute atomic E-state index is 0.00956. The van der Waals surface area contributed by atoms with E-state index in [0.29, 0.717) is 6.54 Å². The van der Waals surface area contributed by atoms with Crippen molar-refractivity contribution in [1.82, 2.24) is 10.6 Å². The van der Waals surface area contributed by atoms with Crippen LogP contribution in [-0.4, -0.2) is 23.9 Å². The van der Waals surface area contributed by atoms with E-state index in [9.17, 15) is 9.59 Å². The van der Waals surface area contributed by atoms with Crippen LogP contribution in [-0.2, 0) is 17.6 Å². The predicted octanol–water partition coefficient (Wildman–Crippen LogP) is 3.98. The van der Waals surface area contributed by atoms with Crippen LogP contribution in [0, 0.1) is 0 Å². The van der Waals surface area contributed by atoms with Gasteiger partial charge in [0.2, 0.25) is 5.91 Å². The average Bonchev–Trinajstić information content (AvgIpc) is 3.07. The van der Waals surface area contributed by atoms with Crippen molar-refractivity contribution < 1.29 is 9.59 Å². The van der Waals surface area contributed by atoms with E-state index in [-0.39, 0.29) is 11.8 Å². The molecular weight excluding hydrogens is 332 g/mol. The second-order valence-electron chi connectivity index (χ2n) is 7.47. The lowest BCUT2D eigenvalue weighted by atomic mass is 9.80. The number of rotatable bonds is 6. The van der Waals surface area contributed by atoms with Gasteiger partial charge in [-0.3, -0.25) is 9.59 Å². The highest BCUT2D eigenvalue weighted by molar-refractivity contribution is 7.14. The summed E-state index contributed by atoms with van der Waals surface area (Å²) in [6, 6.07) is 2.06. The van der Waals surface area contributed by atoms with Crippen molar-refractivity contribution in [2.45, 2.75) is 83.1 Å². The molecule has 138 valence electrons. The van der Waals surface area contributed by atoms with E-state index in [4.69, 9.17) is 0 Å². The molecule has 0 atom stereocenters. The first-order valence-corrected chi connectivity index (χ1v) is 10.7. The standard InChI is InChI=1S/C20H30N2O2S/c1-2-3-13-21-19(24)20(11-7-4-8-12-20)22-18(23)17-14-15-9-5-6-10-16(15)25-17/h14H,2-13H2,1H3,(H,21,24)(H,22,23). The third-order valence-electron chi connectivity index (χ3n) is 5.53. The maximum atomic E-state index is 12.9.